The first-order chi connectivity index (χ1) is 13.3. The molecule has 2 rings (SSSR count). The standard InChI is InChI=1S/C23H29NO4/c1-23(2,3)18-11-13-19(14-12-18)28-15-7-10-21(25)24-20(22(26)27)16-17-8-5-4-6-9-17/h4-6,8-9,11-14,20H,7,10,15-16H2,1-3H3,(H,24,25)(H,26,27). The first-order valence-corrected chi connectivity index (χ1v) is 9.55. The number of benzene rings is 2. The van der Waals surface area contributed by atoms with E-state index in [9.17, 15) is 14.7 Å². The molecule has 0 heterocycles. The van der Waals surface area contributed by atoms with Gasteiger partial charge < -0.3 is 15.2 Å². The van der Waals surface area contributed by atoms with E-state index in [2.05, 4.69) is 26.1 Å². The predicted octanol–water partition coefficient (Wildman–Crippen LogP) is 3.96. The maximum absolute atomic E-state index is 12.1. The molecule has 28 heavy (non-hydrogen) atoms. The van der Waals surface area contributed by atoms with E-state index >= 15 is 0 Å². The quantitative estimate of drug-likeness (QED) is 0.643. The van der Waals surface area contributed by atoms with Crippen LogP contribution in [-0.4, -0.2) is 29.6 Å². The zero-order chi connectivity index (χ0) is 20.6. The van der Waals surface area contributed by atoms with Gasteiger partial charge in [-0.2, -0.15) is 0 Å². The highest BCUT2D eigenvalue weighted by Gasteiger charge is 2.20. The lowest BCUT2D eigenvalue weighted by Crippen LogP contribution is -2.42. The molecule has 5 heteroatoms. The predicted molar refractivity (Wildman–Crippen MR) is 110 cm³/mol. The van der Waals surface area contributed by atoms with Crippen LogP contribution in [0.4, 0.5) is 0 Å². The number of carboxylic acids is 1. The summed E-state index contributed by atoms with van der Waals surface area (Å²) in [6, 6.07) is 16.3. The highest BCUT2D eigenvalue weighted by molar-refractivity contribution is 5.83. The number of aliphatic carboxylic acids is 1. The lowest BCUT2D eigenvalue weighted by atomic mass is 9.87. The van der Waals surface area contributed by atoms with E-state index in [1.807, 2.05) is 54.6 Å². The molecule has 2 N–H and O–H groups in total. The molecule has 0 aliphatic rings. The summed E-state index contributed by atoms with van der Waals surface area (Å²) in [5, 5.41) is 11.9. The Kier molecular flexibility index (Phi) is 7.61. The van der Waals surface area contributed by atoms with Crippen LogP contribution in [0.3, 0.4) is 0 Å². The van der Waals surface area contributed by atoms with Gasteiger partial charge in [0.15, 0.2) is 0 Å². The first-order valence-electron chi connectivity index (χ1n) is 9.55. The third-order valence-electron chi connectivity index (χ3n) is 4.45. The van der Waals surface area contributed by atoms with E-state index in [-0.39, 0.29) is 24.2 Å². The molecule has 150 valence electrons. The fraction of sp³-hybridized carbons (Fsp3) is 0.391. The van der Waals surface area contributed by atoms with Crippen molar-refractivity contribution in [3.05, 3.63) is 65.7 Å². The molecule has 1 atom stereocenters. The number of hydrogen-bond donors (Lipinski definition) is 2. The molecule has 0 radical (unpaired) electrons. The number of carboxylic acid groups (broad SMARTS) is 1. The van der Waals surface area contributed by atoms with Gasteiger partial charge in [-0.15, -0.1) is 0 Å². The maximum Gasteiger partial charge on any atom is 0.326 e. The Morgan fingerprint density at radius 2 is 1.68 bits per heavy atom. The normalized spacial score (nSPS) is 12.2. The van der Waals surface area contributed by atoms with Crippen LogP contribution in [-0.2, 0) is 21.4 Å². The Bertz CT molecular complexity index is 763. The van der Waals surface area contributed by atoms with Crippen LogP contribution in [0.5, 0.6) is 5.75 Å². The summed E-state index contributed by atoms with van der Waals surface area (Å²) in [5.74, 6) is -0.552. The van der Waals surface area contributed by atoms with Crippen molar-refractivity contribution >= 4 is 11.9 Å². The van der Waals surface area contributed by atoms with Gasteiger partial charge in [0, 0.05) is 12.8 Å². The number of hydrogen-bond acceptors (Lipinski definition) is 3. The highest BCUT2D eigenvalue weighted by atomic mass is 16.5. The van der Waals surface area contributed by atoms with Crippen molar-refractivity contribution in [2.24, 2.45) is 0 Å². The van der Waals surface area contributed by atoms with Crippen molar-refractivity contribution in [3.63, 3.8) is 0 Å². The van der Waals surface area contributed by atoms with E-state index in [0.717, 1.165) is 11.3 Å². The number of nitrogens with one attached hydrogen (secondary N) is 1. The summed E-state index contributed by atoms with van der Waals surface area (Å²) in [6.07, 6.45) is 1.00. The molecule has 0 spiro atoms. The van der Waals surface area contributed by atoms with Crippen molar-refractivity contribution in [3.8, 4) is 5.75 Å². The third kappa shape index (κ3) is 7.06. The zero-order valence-electron chi connectivity index (χ0n) is 16.8. The van der Waals surface area contributed by atoms with Crippen molar-refractivity contribution in [2.45, 2.75) is 51.5 Å². The second-order valence-corrected chi connectivity index (χ2v) is 7.87. The molecular formula is C23H29NO4. The topological polar surface area (TPSA) is 75.6 Å². The summed E-state index contributed by atoms with van der Waals surface area (Å²) in [4.78, 5) is 23.5. The van der Waals surface area contributed by atoms with Crippen LogP contribution in [0, 0.1) is 0 Å². The Morgan fingerprint density at radius 3 is 2.25 bits per heavy atom. The van der Waals surface area contributed by atoms with Gasteiger partial charge in [0.25, 0.3) is 0 Å². The molecule has 5 nitrogen and oxygen atoms in total. The Morgan fingerprint density at radius 1 is 1.04 bits per heavy atom. The molecular weight excluding hydrogens is 354 g/mol. The Labute approximate surface area is 166 Å². The fourth-order valence-electron chi connectivity index (χ4n) is 2.79. The molecule has 0 aliphatic carbocycles. The summed E-state index contributed by atoms with van der Waals surface area (Å²) in [7, 11) is 0. The molecule has 0 aromatic heterocycles. The van der Waals surface area contributed by atoms with Gasteiger partial charge in [-0.05, 0) is 35.1 Å². The smallest absolute Gasteiger partial charge is 0.326 e. The minimum Gasteiger partial charge on any atom is -0.494 e. The van der Waals surface area contributed by atoms with Gasteiger partial charge in [0.1, 0.15) is 11.8 Å². The third-order valence-corrected chi connectivity index (χ3v) is 4.45. The average Bonchev–Trinajstić information content (AvgIpc) is 2.65. The Balaban J connectivity index is 1.74. The second-order valence-electron chi connectivity index (χ2n) is 7.87. The maximum atomic E-state index is 12.1. The van der Waals surface area contributed by atoms with Crippen molar-refractivity contribution in [2.75, 3.05) is 6.61 Å². The number of amides is 1. The van der Waals surface area contributed by atoms with E-state index in [0.29, 0.717) is 13.0 Å². The SMILES string of the molecule is CC(C)(C)c1ccc(OCCCC(=O)NC(Cc2ccccc2)C(=O)O)cc1. The Hall–Kier alpha value is -2.82. The molecule has 2 aromatic carbocycles. The van der Waals surface area contributed by atoms with Gasteiger partial charge >= 0.3 is 5.97 Å². The number of ether oxygens (including phenoxy) is 1. The van der Waals surface area contributed by atoms with Crippen molar-refractivity contribution < 1.29 is 19.4 Å². The zero-order valence-corrected chi connectivity index (χ0v) is 16.8. The number of carbonyl (C=O) groups excluding carboxylic acids is 1. The van der Waals surface area contributed by atoms with Gasteiger partial charge in [-0.1, -0.05) is 63.2 Å². The molecule has 1 unspecified atom stereocenters. The first kappa shape index (κ1) is 21.5. The molecule has 0 aliphatic heterocycles. The molecule has 0 saturated heterocycles. The van der Waals surface area contributed by atoms with E-state index in [1.54, 1.807) is 0 Å². The van der Waals surface area contributed by atoms with Crippen LogP contribution >= 0.6 is 0 Å². The molecule has 0 fully saturated rings. The summed E-state index contributed by atoms with van der Waals surface area (Å²) < 4.78 is 5.68. The summed E-state index contributed by atoms with van der Waals surface area (Å²) in [6.45, 7) is 6.87. The summed E-state index contributed by atoms with van der Waals surface area (Å²) in [5.41, 5.74) is 2.20. The average molecular weight is 383 g/mol. The van der Waals surface area contributed by atoms with Gasteiger partial charge in [-0.3, -0.25) is 4.79 Å². The lowest BCUT2D eigenvalue weighted by Gasteiger charge is -2.19. The number of carbonyl (C=O) groups is 2. The minimum atomic E-state index is -1.03. The number of rotatable bonds is 9. The minimum absolute atomic E-state index is 0.0943. The van der Waals surface area contributed by atoms with Crippen LogP contribution < -0.4 is 10.1 Å². The molecule has 2 aromatic rings. The van der Waals surface area contributed by atoms with Crippen molar-refractivity contribution in [1.29, 1.82) is 0 Å². The van der Waals surface area contributed by atoms with E-state index in [1.165, 1.54) is 5.56 Å². The molecule has 0 saturated carbocycles. The molecule has 1 amide bonds. The van der Waals surface area contributed by atoms with Crippen LogP contribution in [0.25, 0.3) is 0 Å². The summed E-state index contributed by atoms with van der Waals surface area (Å²) >= 11 is 0. The largest absolute Gasteiger partial charge is 0.494 e. The second kappa shape index (κ2) is 9.93. The van der Waals surface area contributed by atoms with Gasteiger partial charge in [0.2, 0.25) is 5.91 Å². The van der Waals surface area contributed by atoms with Gasteiger partial charge in [0.05, 0.1) is 6.61 Å². The van der Waals surface area contributed by atoms with Gasteiger partial charge in [-0.25, -0.2) is 4.79 Å². The molecule has 0 bridgehead atoms. The van der Waals surface area contributed by atoms with Crippen LogP contribution in [0.1, 0.15) is 44.7 Å². The monoisotopic (exact) mass is 383 g/mol. The lowest BCUT2D eigenvalue weighted by molar-refractivity contribution is -0.141. The van der Waals surface area contributed by atoms with Crippen LogP contribution in [0.2, 0.25) is 0 Å². The fourth-order valence-corrected chi connectivity index (χ4v) is 2.79. The van der Waals surface area contributed by atoms with Crippen molar-refractivity contribution in [1.82, 2.24) is 5.32 Å². The van der Waals surface area contributed by atoms with E-state index < -0.39 is 12.0 Å². The highest BCUT2D eigenvalue weighted by Crippen LogP contribution is 2.24. The van der Waals surface area contributed by atoms with Crippen LogP contribution in [0.15, 0.2) is 54.6 Å². The van der Waals surface area contributed by atoms with E-state index in [4.69, 9.17) is 4.74 Å².